The Morgan fingerprint density at radius 3 is 2.69 bits per heavy atom. The van der Waals surface area contributed by atoms with Gasteiger partial charge in [-0.2, -0.15) is 4.98 Å². The minimum atomic E-state index is -3.23. The first-order chi connectivity index (χ1) is 12.3. The Morgan fingerprint density at radius 1 is 1.31 bits per heavy atom. The van der Waals surface area contributed by atoms with Crippen molar-refractivity contribution >= 4 is 15.8 Å². The number of aliphatic imine (C=N–C) groups is 1. The predicted octanol–water partition coefficient (Wildman–Crippen LogP) is 1.32. The molecule has 2 N–H and O–H groups in total. The molecule has 0 aliphatic rings. The van der Waals surface area contributed by atoms with Gasteiger partial charge in [-0.3, -0.25) is 0 Å². The average Bonchev–Trinajstić information content (AvgIpc) is 2.96. The van der Waals surface area contributed by atoms with E-state index in [0.717, 1.165) is 6.26 Å². The van der Waals surface area contributed by atoms with Gasteiger partial charge in [0.2, 0.25) is 5.89 Å². The molecule has 8 nitrogen and oxygen atoms in total. The number of nitrogens with one attached hydrogen (secondary N) is 2. The van der Waals surface area contributed by atoms with Crippen molar-refractivity contribution in [2.24, 2.45) is 4.99 Å². The third kappa shape index (κ3) is 6.43. The summed E-state index contributed by atoms with van der Waals surface area (Å²) in [4.78, 5) is 8.47. The van der Waals surface area contributed by atoms with Crippen LogP contribution in [0, 0.1) is 12.7 Å². The molecule has 0 spiro atoms. The van der Waals surface area contributed by atoms with Crippen LogP contribution in [0.2, 0.25) is 0 Å². The fraction of sp³-hybridized carbons (Fsp3) is 0.438. The molecule has 1 heterocycles. The molecular weight excluding hydrogens is 361 g/mol. The van der Waals surface area contributed by atoms with Crippen LogP contribution < -0.4 is 10.6 Å². The lowest BCUT2D eigenvalue weighted by molar-refractivity contribution is 0.387. The first kappa shape index (κ1) is 19.8. The van der Waals surface area contributed by atoms with Crippen LogP contribution in [-0.2, 0) is 28.7 Å². The molecule has 1 aromatic heterocycles. The van der Waals surface area contributed by atoms with Crippen molar-refractivity contribution in [3.05, 3.63) is 46.9 Å². The fourth-order valence-electron chi connectivity index (χ4n) is 2.25. The first-order valence-electron chi connectivity index (χ1n) is 8.03. The van der Waals surface area contributed by atoms with Gasteiger partial charge in [0.15, 0.2) is 21.6 Å². The molecule has 0 fully saturated rings. The van der Waals surface area contributed by atoms with E-state index >= 15 is 0 Å². The monoisotopic (exact) mass is 383 g/mol. The molecule has 2 aromatic rings. The summed E-state index contributed by atoms with van der Waals surface area (Å²) < 4.78 is 41.6. The van der Waals surface area contributed by atoms with Crippen molar-refractivity contribution in [2.75, 3.05) is 12.8 Å². The standard InChI is InChI=1S/C16H22FN5O3S/c1-4-18-16(20-9-15-21-11(2)25-22-15)19-8-13-7-14(17)6-5-12(13)10-26(3,23)24/h5-7H,4,8-10H2,1-3H3,(H2,18,19,20). The van der Waals surface area contributed by atoms with E-state index in [-0.39, 0.29) is 12.3 Å². The number of guanidine groups is 1. The average molecular weight is 383 g/mol. The Bertz CT molecular complexity index is 880. The maximum absolute atomic E-state index is 13.6. The zero-order chi connectivity index (χ0) is 19.2. The topological polar surface area (TPSA) is 109 Å². The molecule has 142 valence electrons. The van der Waals surface area contributed by atoms with Crippen LogP contribution in [-0.4, -0.2) is 37.3 Å². The summed E-state index contributed by atoms with van der Waals surface area (Å²) in [6.45, 7) is 4.66. The summed E-state index contributed by atoms with van der Waals surface area (Å²) in [5.41, 5.74) is 1.05. The Labute approximate surface area is 151 Å². The molecule has 1 aromatic carbocycles. The van der Waals surface area contributed by atoms with E-state index in [1.54, 1.807) is 6.92 Å². The number of nitrogens with zero attached hydrogens (tertiary/aromatic N) is 3. The van der Waals surface area contributed by atoms with Gasteiger partial charge in [-0.15, -0.1) is 0 Å². The lowest BCUT2D eigenvalue weighted by atomic mass is 10.1. The van der Waals surface area contributed by atoms with Crippen molar-refractivity contribution in [2.45, 2.75) is 32.7 Å². The predicted molar refractivity (Wildman–Crippen MR) is 95.6 cm³/mol. The minimum Gasteiger partial charge on any atom is -0.357 e. The molecule has 0 atom stereocenters. The molecule has 0 bridgehead atoms. The van der Waals surface area contributed by atoms with Gasteiger partial charge in [0, 0.05) is 19.7 Å². The quantitative estimate of drug-likeness (QED) is 0.548. The number of sulfone groups is 1. The van der Waals surface area contributed by atoms with E-state index in [2.05, 4.69) is 25.8 Å². The van der Waals surface area contributed by atoms with E-state index in [0.29, 0.717) is 41.9 Å². The number of aryl methyl sites for hydroxylation is 1. The summed E-state index contributed by atoms with van der Waals surface area (Å²) in [6.07, 6.45) is 1.14. The Hall–Kier alpha value is -2.49. The number of hydrogen-bond acceptors (Lipinski definition) is 6. The highest BCUT2D eigenvalue weighted by molar-refractivity contribution is 7.89. The zero-order valence-electron chi connectivity index (χ0n) is 14.9. The number of hydrogen-bond donors (Lipinski definition) is 2. The van der Waals surface area contributed by atoms with Crippen molar-refractivity contribution in [1.82, 2.24) is 20.8 Å². The van der Waals surface area contributed by atoms with Crippen molar-refractivity contribution in [3.8, 4) is 0 Å². The molecule has 0 saturated carbocycles. The maximum Gasteiger partial charge on any atom is 0.223 e. The molecular formula is C16H22FN5O3S. The maximum atomic E-state index is 13.6. The summed E-state index contributed by atoms with van der Waals surface area (Å²) >= 11 is 0. The number of benzene rings is 1. The van der Waals surface area contributed by atoms with E-state index < -0.39 is 15.7 Å². The lowest BCUT2D eigenvalue weighted by Gasteiger charge is -2.11. The smallest absolute Gasteiger partial charge is 0.223 e. The second-order valence-electron chi connectivity index (χ2n) is 5.76. The molecule has 0 aliphatic heterocycles. The summed E-state index contributed by atoms with van der Waals surface area (Å²) in [5, 5.41) is 9.88. The van der Waals surface area contributed by atoms with Gasteiger partial charge in [0.25, 0.3) is 0 Å². The first-order valence-corrected chi connectivity index (χ1v) is 10.1. The fourth-order valence-corrected chi connectivity index (χ4v) is 3.09. The van der Waals surface area contributed by atoms with Gasteiger partial charge < -0.3 is 15.2 Å². The molecule has 2 rings (SSSR count). The largest absolute Gasteiger partial charge is 0.357 e. The molecule has 0 amide bonds. The minimum absolute atomic E-state index is 0.128. The van der Waals surface area contributed by atoms with Crippen LogP contribution in [0.25, 0.3) is 0 Å². The summed E-state index contributed by atoms with van der Waals surface area (Å²) in [6, 6.07) is 4.02. The third-order valence-corrected chi connectivity index (χ3v) is 4.16. The molecule has 0 unspecified atom stereocenters. The lowest BCUT2D eigenvalue weighted by Crippen LogP contribution is -2.37. The zero-order valence-corrected chi connectivity index (χ0v) is 15.7. The molecule has 10 heteroatoms. The van der Waals surface area contributed by atoms with Crippen molar-refractivity contribution in [1.29, 1.82) is 0 Å². The van der Waals surface area contributed by atoms with Crippen LogP contribution in [0.15, 0.2) is 27.7 Å². The molecule has 0 saturated heterocycles. The van der Waals surface area contributed by atoms with Gasteiger partial charge in [-0.1, -0.05) is 11.2 Å². The molecule has 0 aliphatic carbocycles. The number of aromatic nitrogens is 2. The Balaban J connectivity index is 2.13. The van der Waals surface area contributed by atoms with Crippen LogP contribution in [0.3, 0.4) is 0 Å². The molecule has 26 heavy (non-hydrogen) atoms. The Kier molecular flexibility index (Phi) is 6.67. The second kappa shape index (κ2) is 8.75. The summed E-state index contributed by atoms with van der Waals surface area (Å²) in [5.74, 6) is 0.826. The normalized spacial score (nSPS) is 12.2. The SMILES string of the molecule is CCNC(=NCc1cc(F)ccc1CS(C)(=O)=O)NCc1noc(C)n1. The van der Waals surface area contributed by atoms with E-state index in [4.69, 9.17) is 4.52 Å². The highest BCUT2D eigenvalue weighted by Crippen LogP contribution is 2.15. The highest BCUT2D eigenvalue weighted by Gasteiger charge is 2.11. The second-order valence-corrected chi connectivity index (χ2v) is 7.90. The van der Waals surface area contributed by atoms with Crippen LogP contribution in [0.5, 0.6) is 0 Å². The van der Waals surface area contributed by atoms with E-state index in [1.165, 1.54) is 18.2 Å². The molecule has 0 radical (unpaired) electrons. The summed E-state index contributed by atoms with van der Waals surface area (Å²) in [7, 11) is -3.23. The van der Waals surface area contributed by atoms with Gasteiger partial charge in [-0.25, -0.2) is 17.8 Å². The van der Waals surface area contributed by atoms with Crippen LogP contribution >= 0.6 is 0 Å². The van der Waals surface area contributed by atoms with Gasteiger partial charge in [0.1, 0.15) is 5.82 Å². The van der Waals surface area contributed by atoms with Crippen LogP contribution in [0.4, 0.5) is 4.39 Å². The third-order valence-electron chi connectivity index (χ3n) is 3.32. The van der Waals surface area contributed by atoms with E-state index in [9.17, 15) is 12.8 Å². The van der Waals surface area contributed by atoms with E-state index in [1.807, 2.05) is 6.92 Å². The van der Waals surface area contributed by atoms with Crippen LogP contribution in [0.1, 0.15) is 29.8 Å². The number of halogens is 1. The Morgan fingerprint density at radius 2 is 2.08 bits per heavy atom. The van der Waals surface area contributed by atoms with Gasteiger partial charge in [0.05, 0.1) is 18.8 Å². The number of rotatable bonds is 7. The van der Waals surface area contributed by atoms with Crippen molar-refractivity contribution in [3.63, 3.8) is 0 Å². The van der Waals surface area contributed by atoms with Crippen molar-refractivity contribution < 1.29 is 17.3 Å². The van der Waals surface area contributed by atoms with Gasteiger partial charge >= 0.3 is 0 Å². The van der Waals surface area contributed by atoms with Gasteiger partial charge in [-0.05, 0) is 30.2 Å². The highest BCUT2D eigenvalue weighted by atomic mass is 32.2.